The van der Waals surface area contributed by atoms with Crippen molar-refractivity contribution in [1.29, 1.82) is 5.26 Å². The van der Waals surface area contributed by atoms with Gasteiger partial charge in [0, 0.05) is 12.5 Å². The third-order valence-corrected chi connectivity index (χ3v) is 2.25. The number of nitriles is 1. The number of carbonyl (C=O) groups is 1. The summed E-state index contributed by atoms with van der Waals surface area (Å²) in [5.74, 6) is -0.216. The summed E-state index contributed by atoms with van der Waals surface area (Å²) in [6, 6.07) is 9.27. The van der Waals surface area contributed by atoms with Gasteiger partial charge in [-0.15, -0.1) is 0 Å². The number of hydrogen-bond acceptors (Lipinski definition) is 3. The van der Waals surface area contributed by atoms with Crippen LogP contribution in [-0.4, -0.2) is 17.7 Å². The second-order valence-electron chi connectivity index (χ2n) is 3.70. The van der Waals surface area contributed by atoms with Crippen LogP contribution in [0.2, 0.25) is 0 Å². The van der Waals surface area contributed by atoms with Crippen LogP contribution in [0.5, 0.6) is 5.75 Å². The third-order valence-electron chi connectivity index (χ3n) is 2.25. The normalized spacial score (nSPS) is 10.2. The lowest BCUT2D eigenvalue weighted by molar-refractivity contribution is -0.131. The number of carboxylic acid groups (broad SMARTS) is 1. The minimum absolute atomic E-state index is 0.558. The molecule has 0 aliphatic heterocycles. The molecule has 0 aliphatic carbocycles. The van der Waals surface area contributed by atoms with E-state index in [9.17, 15) is 4.79 Å². The van der Waals surface area contributed by atoms with Crippen LogP contribution < -0.4 is 4.74 Å². The highest BCUT2D eigenvalue weighted by atomic mass is 16.5. The van der Waals surface area contributed by atoms with Crippen LogP contribution in [0, 0.1) is 11.3 Å². The molecule has 0 bridgehead atoms. The first kappa shape index (κ1) is 13.8. The highest BCUT2D eigenvalue weighted by molar-refractivity contribution is 5.85. The molecule has 1 aromatic rings. The highest BCUT2D eigenvalue weighted by Gasteiger charge is 1.95. The Morgan fingerprint density at radius 3 is 2.67 bits per heavy atom. The van der Waals surface area contributed by atoms with Gasteiger partial charge in [-0.25, -0.2) is 4.79 Å². The smallest absolute Gasteiger partial charge is 0.328 e. The average molecular weight is 245 g/mol. The Kier molecular flexibility index (Phi) is 6.05. The maximum Gasteiger partial charge on any atom is 0.328 e. The van der Waals surface area contributed by atoms with Gasteiger partial charge in [-0.1, -0.05) is 12.1 Å². The predicted molar refractivity (Wildman–Crippen MR) is 68.1 cm³/mol. The van der Waals surface area contributed by atoms with Gasteiger partial charge in [-0.3, -0.25) is 0 Å². The molecule has 0 atom stereocenters. The van der Waals surface area contributed by atoms with Crippen molar-refractivity contribution in [2.75, 3.05) is 6.61 Å². The van der Waals surface area contributed by atoms with Crippen LogP contribution in [0.25, 0.3) is 6.08 Å². The Labute approximate surface area is 106 Å². The van der Waals surface area contributed by atoms with Crippen molar-refractivity contribution in [1.82, 2.24) is 0 Å². The van der Waals surface area contributed by atoms with Crippen molar-refractivity contribution in [3.05, 3.63) is 35.9 Å². The molecule has 0 spiro atoms. The molecule has 18 heavy (non-hydrogen) atoms. The van der Waals surface area contributed by atoms with Gasteiger partial charge in [0.2, 0.25) is 0 Å². The van der Waals surface area contributed by atoms with Crippen LogP contribution in [0.1, 0.15) is 24.8 Å². The number of benzene rings is 1. The van der Waals surface area contributed by atoms with E-state index in [1.54, 1.807) is 24.3 Å². The lowest BCUT2D eigenvalue weighted by Gasteiger charge is -2.05. The van der Waals surface area contributed by atoms with Gasteiger partial charge in [0.15, 0.2) is 0 Å². The molecule has 0 heterocycles. The molecule has 1 rings (SSSR count). The standard InChI is InChI=1S/C14H15NO3/c15-10-2-1-3-11-18-13-7-4-12(5-8-13)6-9-14(16)17/h4-9H,1-3,11H2,(H,16,17). The number of rotatable bonds is 7. The first-order valence-corrected chi connectivity index (χ1v) is 5.73. The molecule has 0 aromatic heterocycles. The van der Waals surface area contributed by atoms with E-state index in [0.717, 1.165) is 30.2 Å². The summed E-state index contributed by atoms with van der Waals surface area (Å²) < 4.78 is 5.48. The summed E-state index contributed by atoms with van der Waals surface area (Å²) in [4.78, 5) is 10.3. The van der Waals surface area contributed by atoms with E-state index in [4.69, 9.17) is 15.1 Å². The van der Waals surface area contributed by atoms with Crippen LogP contribution in [0.4, 0.5) is 0 Å². The minimum Gasteiger partial charge on any atom is -0.494 e. The number of nitrogens with zero attached hydrogens (tertiary/aromatic N) is 1. The molecule has 94 valence electrons. The van der Waals surface area contributed by atoms with Crippen molar-refractivity contribution >= 4 is 12.0 Å². The SMILES string of the molecule is N#CCCCCOc1ccc(C=CC(=O)O)cc1. The zero-order valence-electron chi connectivity index (χ0n) is 10.0. The number of unbranched alkanes of at least 4 members (excludes halogenated alkanes) is 2. The molecule has 4 nitrogen and oxygen atoms in total. The van der Waals surface area contributed by atoms with Gasteiger partial charge < -0.3 is 9.84 Å². The van der Waals surface area contributed by atoms with Crippen LogP contribution in [0.3, 0.4) is 0 Å². The van der Waals surface area contributed by atoms with Crippen molar-refractivity contribution in [2.45, 2.75) is 19.3 Å². The Balaban J connectivity index is 2.36. The summed E-state index contributed by atoms with van der Waals surface area (Å²) in [6.45, 7) is 0.589. The number of aliphatic carboxylic acids is 1. The fourth-order valence-corrected chi connectivity index (χ4v) is 1.34. The fraction of sp³-hybridized carbons (Fsp3) is 0.286. The van der Waals surface area contributed by atoms with Crippen molar-refractivity contribution in [3.63, 3.8) is 0 Å². The molecule has 0 radical (unpaired) electrons. The summed E-state index contributed by atoms with van der Waals surface area (Å²) in [7, 11) is 0. The average Bonchev–Trinajstić information content (AvgIpc) is 2.37. The second kappa shape index (κ2) is 7.91. The van der Waals surface area contributed by atoms with Crippen molar-refractivity contribution < 1.29 is 14.6 Å². The summed E-state index contributed by atoms with van der Waals surface area (Å²) in [5, 5.41) is 16.8. The predicted octanol–water partition coefficient (Wildman–Crippen LogP) is 2.86. The van der Waals surface area contributed by atoms with Gasteiger partial charge in [-0.05, 0) is 36.6 Å². The van der Waals surface area contributed by atoms with Crippen LogP contribution >= 0.6 is 0 Å². The van der Waals surface area contributed by atoms with E-state index >= 15 is 0 Å². The van der Waals surface area contributed by atoms with E-state index in [1.165, 1.54) is 6.08 Å². The Morgan fingerprint density at radius 1 is 1.33 bits per heavy atom. The molecular weight excluding hydrogens is 230 g/mol. The van der Waals surface area contributed by atoms with Gasteiger partial charge >= 0.3 is 5.97 Å². The van der Waals surface area contributed by atoms with E-state index in [0.29, 0.717) is 13.0 Å². The van der Waals surface area contributed by atoms with Crippen LogP contribution in [-0.2, 0) is 4.79 Å². The molecule has 0 saturated carbocycles. The Bertz CT molecular complexity index is 443. The zero-order valence-corrected chi connectivity index (χ0v) is 10.0. The lowest BCUT2D eigenvalue weighted by atomic mass is 10.2. The summed E-state index contributed by atoms with van der Waals surface area (Å²) in [6.07, 6.45) is 4.88. The number of carboxylic acids is 1. The molecule has 1 N–H and O–H groups in total. The molecule has 0 aliphatic rings. The Morgan fingerprint density at radius 2 is 2.06 bits per heavy atom. The molecule has 0 amide bonds. The van der Waals surface area contributed by atoms with E-state index in [2.05, 4.69) is 6.07 Å². The van der Waals surface area contributed by atoms with Gasteiger partial charge in [0.1, 0.15) is 5.75 Å². The first-order chi connectivity index (χ1) is 8.72. The topological polar surface area (TPSA) is 70.3 Å². The van der Waals surface area contributed by atoms with E-state index in [1.807, 2.05) is 0 Å². The van der Waals surface area contributed by atoms with Crippen LogP contribution in [0.15, 0.2) is 30.3 Å². The van der Waals surface area contributed by atoms with Gasteiger partial charge in [0.05, 0.1) is 12.7 Å². The molecule has 1 aromatic carbocycles. The number of hydrogen-bond donors (Lipinski definition) is 1. The molecular formula is C14H15NO3. The maximum atomic E-state index is 10.3. The van der Waals surface area contributed by atoms with E-state index in [-0.39, 0.29) is 0 Å². The quantitative estimate of drug-likeness (QED) is 0.592. The molecule has 4 heteroatoms. The van der Waals surface area contributed by atoms with Gasteiger partial charge in [-0.2, -0.15) is 5.26 Å². The maximum absolute atomic E-state index is 10.3. The zero-order chi connectivity index (χ0) is 13.2. The second-order valence-corrected chi connectivity index (χ2v) is 3.70. The molecule has 0 fully saturated rings. The minimum atomic E-state index is -0.965. The van der Waals surface area contributed by atoms with Gasteiger partial charge in [0.25, 0.3) is 0 Å². The fourth-order valence-electron chi connectivity index (χ4n) is 1.34. The summed E-state index contributed by atoms with van der Waals surface area (Å²) in [5.41, 5.74) is 0.814. The summed E-state index contributed by atoms with van der Waals surface area (Å²) >= 11 is 0. The first-order valence-electron chi connectivity index (χ1n) is 5.73. The largest absolute Gasteiger partial charge is 0.494 e. The Hall–Kier alpha value is -2.28. The number of ether oxygens (including phenoxy) is 1. The molecule has 0 unspecified atom stereocenters. The van der Waals surface area contributed by atoms with Crippen molar-refractivity contribution in [2.24, 2.45) is 0 Å². The van der Waals surface area contributed by atoms with E-state index < -0.39 is 5.97 Å². The molecule has 0 saturated heterocycles. The monoisotopic (exact) mass is 245 g/mol. The lowest BCUT2D eigenvalue weighted by Crippen LogP contribution is -1.96. The highest BCUT2D eigenvalue weighted by Crippen LogP contribution is 2.13. The third kappa shape index (κ3) is 5.71. The van der Waals surface area contributed by atoms with Crippen molar-refractivity contribution in [3.8, 4) is 11.8 Å².